The molecule has 0 bridgehead atoms. The molecule has 0 amide bonds. The lowest BCUT2D eigenvalue weighted by atomic mass is 10.1. The highest BCUT2D eigenvalue weighted by atomic mass is 31.1. The topological polar surface area (TPSA) is 32.5 Å². The molecule has 1 aliphatic rings. The minimum atomic E-state index is -0.493. The van der Waals surface area contributed by atoms with Gasteiger partial charge in [-0.25, -0.2) is 0 Å². The molecule has 0 aromatic heterocycles. The van der Waals surface area contributed by atoms with Crippen molar-refractivity contribution in [3.8, 4) is 0 Å². The summed E-state index contributed by atoms with van der Waals surface area (Å²) >= 11 is 0. The molecule has 3 nitrogen and oxygen atoms in total. The van der Waals surface area contributed by atoms with E-state index < -0.39 is 8.37 Å². The number of rotatable bonds is 1. The summed E-state index contributed by atoms with van der Waals surface area (Å²) in [6.07, 6.45) is 2.49. The van der Waals surface area contributed by atoms with E-state index in [9.17, 15) is 0 Å². The normalized spacial score (nSPS) is 36.0. The lowest BCUT2D eigenvalue weighted by Crippen LogP contribution is -2.41. The fourth-order valence-corrected chi connectivity index (χ4v) is 2.92. The second-order valence-corrected chi connectivity index (χ2v) is 5.08. The molecule has 2 atom stereocenters. The third kappa shape index (κ3) is 1.91. The van der Waals surface area contributed by atoms with Gasteiger partial charge in [0.15, 0.2) is 0 Å². The molecule has 0 spiro atoms. The van der Waals surface area contributed by atoms with Gasteiger partial charge in [0.05, 0.1) is 0 Å². The third-order valence-electron chi connectivity index (χ3n) is 2.46. The molecule has 2 N–H and O–H groups in total. The van der Waals surface area contributed by atoms with Crippen LogP contribution in [0.2, 0.25) is 0 Å². The van der Waals surface area contributed by atoms with Crippen molar-refractivity contribution in [1.82, 2.24) is 9.34 Å². The third-order valence-corrected chi connectivity index (χ3v) is 4.33. The molecule has 4 heteroatoms. The van der Waals surface area contributed by atoms with Crippen LogP contribution in [0.1, 0.15) is 19.8 Å². The van der Waals surface area contributed by atoms with Gasteiger partial charge in [-0.05, 0) is 26.9 Å². The molecule has 1 rings (SSSR count). The van der Waals surface area contributed by atoms with E-state index in [1.807, 2.05) is 0 Å². The second kappa shape index (κ2) is 3.81. The quantitative estimate of drug-likeness (QED) is 0.608. The average molecular weight is 175 g/mol. The molecule has 2 unspecified atom stereocenters. The van der Waals surface area contributed by atoms with Crippen LogP contribution in [0.25, 0.3) is 0 Å². The summed E-state index contributed by atoms with van der Waals surface area (Å²) in [5.74, 6) is 0. The summed E-state index contributed by atoms with van der Waals surface area (Å²) in [5.41, 5.74) is 6.00. The fourth-order valence-electron chi connectivity index (χ4n) is 1.50. The zero-order valence-electron chi connectivity index (χ0n) is 7.62. The summed E-state index contributed by atoms with van der Waals surface area (Å²) in [6.45, 7) is 3.39. The monoisotopic (exact) mass is 175 g/mol. The van der Waals surface area contributed by atoms with Crippen LogP contribution in [0, 0.1) is 0 Å². The van der Waals surface area contributed by atoms with Crippen molar-refractivity contribution in [3.63, 3.8) is 0 Å². The van der Waals surface area contributed by atoms with Crippen molar-refractivity contribution in [3.05, 3.63) is 0 Å². The molecule has 0 aliphatic carbocycles. The minimum absolute atomic E-state index is 0.493. The van der Waals surface area contributed by atoms with E-state index in [1.165, 1.54) is 12.8 Å². The summed E-state index contributed by atoms with van der Waals surface area (Å²) in [6, 6.07) is 0.710. The van der Waals surface area contributed by atoms with Gasteiger partial charge in [-0.3, -0.25) is 14.8 Å². The maximum Gasteiger partial charge on any atom is 0.114 e. The van der Waals surface area contributed by atoms with Crippen molar-refractivity contribution in [2.75, 3.05) is 20.6 Å². The van der Waals surface area contributed by atoms with Gasteiger partial charge in [0.1, 0.15) is 8.37 Å². The summed E-state index contributed by atoms with van der Waals surface area (Å²) in [4.78, 5) is 0. The van der Waals surface area contributed by atoms with E-state index >= 15 is 0 Å². The summed E-state index contributed by atoms with van der Waals surface area (Å²) in [7, 11) is 3.75. The Morgan fingerprint density at radius 3 is 2.73 bits per heavy atom. The smallest absolute Gasteiger partial charge is 0.114 e. The van der Waals surface area contributed by atoms with E-state index in [4.69, 9.17) is 5.50 Å². The molecule has 0 aromatic carbocycles. The summed E-state index contributed by atoms with van der Waals surface area (Å²) < 4.78 is 4.57. The van der Waals surface area contributed by atoms with Gasteiger partial charge in [-0.2, -0.15) is 0 Å². The first-order valence-corrected chi connectivity index (χ1v) is 5.47. The molecule has 1 heterocycles. The van der Waals surface area contributed by atoms with E-state index in [0.29, 0.717) is 6.04 Å². The predicted octanol–water partition coefficient (Wildman–Crippen LogP) is 1.22. The van der Waals surface area contributed by atoms with Gasteiger partial charge < -0.3 is 0 Å². The minimum Gasteiger partial charge on any atom is -0.285 e. The molecule has 1 fully saturated rings. The van der Waals surface area contributed by atoms with E-state index in [1.54, 1.807) is 0 Å². The maximum absolute atomic E-state index is 6.00. The van der Waals surface area contributed by atoms with Gasteiger partial charge in [-0.1, -0.05) is 6.92 Å². The van der Waals surface area contributed by atoms with Gasteiger partial charge >= 0.3 is 0 Å². The first kappa shape index (κ1) is 9.40. The Labute approximate surface area is 70.5 Å². The van der Waals surface area contributed by atoms with Gasteiger partial charge in [0.2, 0.25) is 0 Å². The Kier molecular flexibility index (Phi) is 3.26. The molecule has 66 valence electrons. The van der Waals surface area contributed by atoms with Crippen molar-refractivity contribution >= 4 is 8.37 Å². The molecule has 1 aliphatic heterocycles. The zero-order chi connectivity index (χ0) is 8.43. The zero-order valence-corrected chi connectivity index (χ0v) is 8.51. The predicted molar refractivity (Wildman–Crippen MR) is 50.2 cm³/mol. The van der Waals surface area contributed by atoms with E-state index in [0.717, 1.165) is 6.54 Å². The van der Waals surface area contributed by atoms with Crippen LogP contribution in [0.15, 0.2) is 0 Å². The number of nitrogens with zero attached hydrogens (tertiary/aromatic N) is 2. The molecular formula is C7H18N3P. The van der Waals surface area contributed by atoms with Gasteiger partial charge in [-0.15, -0.1) is 0 Å². The SMILES string of the molecule is CCC1CCN(C)P(N)N1C. The molecule has 0 radical (unpaired) electrons. The highest BCUT2D eigenvalue weighted by Crippen LogP contribution is 2.40. The maximum atomic E-state index is 6.00. The van der Waals surface area contributed by atoms with Gasteiger partial charge in [0, 0.05) is 12.6 Å². The van der Waals surface area contributed by atoms with Crippen LogP contribution >= 0.6 is 8.37 Å². The van der Waals surface area contributed by atoms with Crippen LogP contribution in [-0.4, -0.2) is 36.0 Å². The molecule has 11 heavy (non-hydrogen) atoms. The number of hydrogen-bond donors (Lipinski definition) is 1. The van der Waals surface area contributed by atoms with Crippen LogP contribution in [0.3, 0.4) is 0 Å². The largest absolute Gasteiger partial charge is 0.285 e. The van der Waals surface area contributed by atoms with Crippen LogP contribution < -0.4 is 5.50 Å². The number of hydrogen-bond acceptors (Lipinski definition) is 3. The van der Waals surface area contributed by atoms with Crippen molar-refractivity contribution in [2.24, 2.45) is 5.50 Å². The Morgan fingerprint density at radius 1 is 1.55 bits per heavy atom. The lowest BCUT2D eigenvalue weighted by molar-refractivity contribution is 0.283. The Morgan fingerprint density at radius 2 is 2.18 bits per heavy atom. The Balaban J connectivity index is 2.52. The first-order valence-electron chi connectivity index (χ1n) is 4.15. The standard InChI is InChI=1S/C7H18N3P/c1-4-7-5-6-9(2)11(8)10(7)3/h7H,4-6,8H2,1-3H3. The van der Waals surface area contributed by atoms with E-state index in [2.05, 4.69) is 30.4 Å². The first-order chi connectivity index (χ1) is 5.16. The second-order valence-electron chi connectivity index (χ2n) is 3.13. The van der Waals surface area contributed by atoms with Crippen molar-refractivity contribution in [1.29, 1.82) is 0 Å². The molecule has 0 aromatic rings. The lowest BCUT2D eigenvalue weighted by Gasteiger charge is -2.41. The molecular weight excluding hydrogens is 157 g/mol. The molecule has 0 saturated carbocycles. The summed E-state index contributed by atoms with van der Waals surface area (Å²) in [5, 5.41) is 0. The van der Waals surface area contributed by atoms with Crippen LogP contribution in [0.4, 0.5) is 0 Å². The van der Waals surface area contributed by atoms with E-state index in [-0.39, 0.29) is 0 Å². The Bertz CT molecular complexity index is 129. The highest BCUT2D eigenvalue weighted by molar-refractivity contribution is 7.50. The van der Waals surface area contributed by atoms with Crippen LogP contribution in [-0.2, 0) is 0 Å². The average Bonchev–Trinajstić information content (AvgIpc) is 2.01. The van der Waals surface area contributed by atoms with Crippen molar-refractivity contribution < 1.29 is 0 Å². The number of nitrogens with two attached hydrogens (primary N) is 1. The van der Waals surface area contributed by atoms with Gasteiger partial charge in [0.25, 0.3) is 0 Å². The highest BCUT2D eigenvalue weighted by Gasteiger charge is 2.27. The Hall–Kier alpha value is 0.310. The molecule has 1 saturated heterocycles. The fraction of sp³-hybridized carbons (Fsp3) is 1.00. The van der Waals surface area contributed by atoms with Crippen molar-refractivity contribution in [2.45, 2.75) is 25.8 Å². The van der Waals surface area contributed by atoms with Crippen LogP contribution in [0.5, 0.6) is 0 Å².